The number of fused-ring (bicyclic) bond motifs is 1. The molecule has 0 saturated carbocycles. The number of benzene rings is 2. The van der Waals surface area contributed by atoms with E-state index in [1.54, 1.807) is 7.11 Å². The van der Waals surface area contributed by atoms with Crippen LogP contribution < -0.4 is 10.1 Å². The number of para-hydroxylation sites is 1. The van der Waals surface area contributed by atoms with E-state index in [4.69, 9.17) is 9.47 Å². The lowest BCUT2D eigenvalue weighted by atomic mass is 9.86. The van der Waals surface area contributed by atoms with Gasteiger partial charge in [-0.2, -0.15) is 0 Å². The number of hydrogen-bond donors (Lipinski definition) is 1. The SMILES string of the molecule is CCC=CCOC(C)C1=CC(C)(C)Nc2ccc(-c3ccccc3OC)cc21. The van der Waals surface area contributed by atoms with Gasteiger partial charge in [-0.3, -0.25) is 0 Å². The summed E-state index contributed by atoms with van der Waals surface area (Å²) in [5.74, 6) is 0.881. The third-order valence-corrected chi connectivity index (χ3v) is 5.00. The van der Waals surface area contributed by atoms with Crippen molar-refractivity contribution in [1.29, 1.82) is 0 Å². The van der Waals surface area contributed by atoms with Crippen LogP contribution >= 0.6 is 0 Å². The minimum atomic E-state index is -0.120. The van der Waals surface area contributed by atoms with Crippen LogP contribution in [0.15, 0.2) is 60.7 Å². The van der Waals surface area contributed by atoms with Gasteiger partial charge in [0.2, 0.25) is 0 Å². The molecule has 2 aromatic carbocycles. The molecule has 2 aromatic rings. The number of hydrogen-bond acceptors (Lipinski definition) is 3. The van der Waals surface area contributed by atoms with Gasteiger partial charge in [0.25, 0.3) is 0 Å². The molecule has 0 bridgehead atoms. The molecule has 1 aliphatic heterocycles. The van der Waals surface area contributed by atoms with Crippen molar-refractivity contribution in [3.8, 4) is 16.9 Å². The van der Waals surface area contributed by atoms with Crippen LogP contribution in [0.5, 0.6) is 5.75 Å². The van der Waals surface area contributed by atoms with Gasteiger partial charge in [-0.15, -0.1) is 0 Å². The first-order chi connectivity index (χ1) is 13.4. The van der Waals surface area contributed by atoms with Crippen molar-refractivity contribution in [3.05, 3.63) is 66.3 Å². The van der Waals surface area contributed by atoms with Crippen molar-refractivity contribution >= 4 is 11.3 Å². The fourth-order valence-electron chi connectivity index (χ4n) is 3.65. The largest absolute Gasteiger partial charge is 0.496 e. The molecule has 0 amide bonds. The summed E-state index contributed by atoms with van der Waals surface area (Å²) in [5.41, 5.74) is 5.67. The Hall–Kier alpha value is -2.52. The number of nitrogens with one attached hydrogen (secondary N) is 1. The topological polar surface area (TPSA) is 30.5 Å². The quantitative estimate of drug-likeness (QED) is 0.573. The molecule has 3 nitrogen and oxygen atoms in total. The summed E-state index contributed by atoms with van der Waals surface area (Å²) in [6.45, 7) is 9.27. The first-order valence-electron chi connectivity index (χ1n) is 10.0. The minimum absolute atomic E-state index is 0.00884. The molecule has 0 saturated heterocycles. The highest BCUT2D eigenvalue weighted by atomic mass is 16.5. The molecule has 1 atom stereocenters. The van der Waals surface area contributed by atoms with E-state index in [0.29, 0.717) is 6.61 Å². The van der Waals surface area contributed by atoms with Gasteiger partial charge in [0.15, 0.2) is 0 Å². The molecule has 0 radical (unpaired) electrons. The Bertz CT molecular complexity index is 880. The molecule has 0 spiro atoms. The number of ether oxygens (including phenoxy) is 2. The zero-order chi connectivity index (χ0) is 20.1. The molecule has 0 fully saturated rings. The van der Waals surface area contributed by atoms with Crippen LogP contribution in [-0.2, 0) is 4.74 Å². The second-order valence-electron chi connectivity index (χ2n) is 7.76. The van der Waals surface area contributed by atoms with E-state index in [9.17, 15) is 0 Å². The summed E-state index contributed by atoms with van der Waals surface area (Å²) >= 11 is 0. The molecular weight excluding hydrogens is 346 g/mol. The molecule has 1 N–H and O–H groups in total. The van der Waals surface area contributed by atoms with Crippen molar-refractivity contribution in [2.45, 2.75) is 45.8 Å². The molecule has 3 rings (SSSR count). The number of anilines is 1. The Kier molecular flexibility index (Phi) is 6.25. The average molecular weight is 378 g/mol. The lowest BCUT2D eigenvalue weighted by Gasteiger charge is -2.34. The smallest absolute Gasteiger partial charge is 0.126 e. The van der Waals surface area contributed by atoms with Gasteiger partial charge in [-0.05, 0) is 56.5 Å². The van der Waals surface area contributed by atoms with E-state index in [-0.39, 0.29) is 11.6 Å². The van der Waals surface area contributed by atoms with Gasteiger partial charge in [-0.25, -0.2) is 0 Å². The van der Waals surface area contributed by atoms with E-state index < -0.39 is 0 Å². The predicted octanol–water partition coefficient (Wildman–Crippen LogP) is 6.32. The highest BCUT2D eigenvalue weighted by molar-refractivity contribution is 5.86. The highest BCUT2D eigenvalue weighted by Gasteiger charge is 2.27. The Balaban J connectivity index is 1.98. The normalized spacial score (nSPS) is 16.2. The summed E-state index contributed by atoms with van der Waals surface area (Å²) < 4.78 is 11.7. The van der Waals surface area contributed by atoms with Crippen LogP contribution in [0.2, 0.25) is 0 Å². The standard InChI is InChI=1S/C25H31NO2/c1-6-7-10-15-28-18(2)22-17-25(3,4)26-23-14-13-19(16-21(22)23)20-11-8-9-12-24(20)27-5/h7-14,16-18,26H,6,15H2,1-5H3. The fraction of sp³-hybridized carbons (Fsp3) is 0.360. The van der Waals surface area contributed by atoms with Gasteiger partial charge < -0.3 is 14.8 Å². The van der Waals surface area contributed by atoms with Crippen molar-refractivity contribution in [2.75, 3.05) is 19.0 Å². The first kappa shape index (κ1) is 20.2. The van der Waals surface area contributed by atoms with E-state index in [2.05, 4.69) is 75.5 Å². The summed E-state index contributed by atoms with van der Waals surface area (Å²) in [6, 6.07) is 14.7. The summed E-state index contributed by atoms with van der Waals surface area (Å²) in [6.07, 6.45) is 7.56. The first-order valence-corrected chi connectivity index (χ1v) is 10.0. The van der Waals surface area contributed by atoms with Crippen LogP contribution in [0, 0.1) is 0 Å². The third kappa shape index (κ3) is 4.48. The molecule has 0 aromatic heterocycles. The van der Waals surface area contributed by atoms with Gasteiger partial charge in [0, 0.05) is 16.8 Å². The maximum atomic E-state index is 6.12. The summed E-state index contributed by atoms with van der Waals surface area (Å²) in [5, 5.41) is 3.63. The van der Waals surface area contributed by atoms with Crippen LogP contribution in [0.3, 0.4) is 0 Å². The Labute approximate surface area is 169 Å². The monoisotopic (exact) mass is 377 g/mol. The van der Waals surface area contributed by atoms with Gasteiger partial charge >= 0.3 is 0 Å². The molecule has 148 valence electrons. The molecule has 1 aliphatic rings. The lowest BCUT2D eigenvalue weighted by Crippen LogP contribution is -2.33. The van der Waals surface area contributed by atoms with Crippen LogP contribution in [-0.4, -0.2) is 25.4 Å². The Morgan fingerprint density at radius 3 is 2.61 bits per heavy atom. The predicted molar refractivity (Wildman–Crippen MR) is 119 cm³/mol. The molecule has 1 unspecified atom stereocenters. The number of methoxy groups -OCH3 is 1. The maximum Gasteiger partial charge on any atom is 0.126 e. The summed E-state index contributed by atoms with van der Waals surface area (Å²) in [4.78, 5) is 0. The zero-order valence-electron chi connectivity index (χ0n) is 17.6. The Morgan fingerprint density at radius 1 is 1.07 bits per heavy atom. The minimum Gasteiger partial charge on any atom is -0.496 e. The van der Waals surface area contributed by atoms with Crippen LogP contribution in [0.4, 0.5) is 5.69 Å². The lowest BCUT2D eigenvalue weighted by molar-refractivity contribution is 0.129. The van der Waals surface area contributed by atoms with Crippen molar-refractivity contribution in [2.24, 2.45) is 0 Å². The second-order valence-corrected chi connectivity index (χ2v) is 7.76. The van der Waals surface area contributed by atoms with Crippen molar-refractivity contribution < 1.29 is 9.47 Å². The zero-order valence-corrected chi connectivity index (χ0v) is 17.6. The summed E-state index contributed by atoms with van der Waals surface area (Å²) in [7, 11) is 1.71. The Morgan fingerprint density at radius 2 is 1.86 bits per heavy atom. The fourth-order valence-corrected chi connectivity index (χ4v) is 3.65. The van der Waals surface area contributed by atoms with E-state index in [1.807, 2.05) is 18.2 Å². The van der Waals surface area contributed by atoms with Crippen molar-refractivity contribution in [3.63, 3.8) is 0 Å². The van der Waals surface area contributed by atoms with Crippen molar-refractivity contribution in [1.82, 2.24) is 0 Å². The van der Waals surface area contributed by atoms with Crippen LogP contribution in [0.1, 0.15) is 39.7 Å². The highest BCUT2D eigenvalue weighted by Crippen LogP contribution is 2.40. The molecule has 1 heterocycles. The number of rotatable bonds is 7. The molecule has 28 heavy (non-hydrogen) atoms. The van der Waals surface area contributed by atoms with Gasteiger partial charge in [0.1, 0.15) is 5.75 Å². The van der Waals surface area contributed by atoms with E-state index >= 15 is 0 Å². The third-order valence-electron chi connectivity index (χ3n) is 5.00. The van der Waals surface area contributed by atoms with Crippen LogP contribution in [0.25, 0.3) is 16.7 Å². The molecule has 3 heteroatoms. The van der Waals surface area contributed by atoms with Gasteiger partial charge in [0.05, 0.1) is 25.4 Å². The van der Waals surface area contributed by atoms with E-state index in [1.165, 1.54) is 11.1 Å². The molecular formula is C25H31NO2. The second kappa shape index (κ2) is 8.66. The van der Waals surface area contributed by atoms with Gasteiger partial charge in [-0.1, -0.05) is 49.4 Å². The average Bonchev–Trinajstić information content (AvgIpc) is 2.69. The maximum absolute atomic E-state index is 6.12. The van der Waals surface area contributed by atoms with E-state index in [0.717, 1.165) is 29.0 Å². The number of allylic oxidation sites excluding steroid dienone is 1. The molecule has 0 aliphatic carbocycles.